The highest BCUT2D eigenvalue weighted by atomic mass is 79.9. The number of hydrogen-bond donors (Lipinski definition) is 1. The lowest BCUT2D eigenvalue weighted by Crippen LogP contribution is -2.26. The van der Waals surface area contributed by atoms with Gasteiger partial charge < -0.3 is 5.32 Å². The Hall–Kier alpha value is -1.69. The number of amides is 1. The van der Waals surface area contributed by atoms with E-state index in [1.165, 1.54) is 0 Å². The zero-order valence-corrected chi connectivity index (χ0v) is 12.2. The van der Waals surface area contributed by atoms with Crippen LogP contribution < -0.4 is 5.32 Å². The zero-order chi connectivity index (χ0) is 13.7. The fraction of sp³-hybridized carbons (Fsp3) is 0.308. The number of halogens is 1. The number of rotatable bonds is 5. The normalized spacial score (nSPS) is 10.4. The van der Waals surface area contributed by atoms with Gasteiger partial charge in [-0.05, 0) is 31.0 Å². The van der Waals surface area contributed by atoms with Crippen LogP contribution in [-0.2, 0) is 6.54 Å². The Morgan fingerprint density at radius 2 is 2.32 bits per heavy atom. The van der Waals surface area contributed by atoms with Gasteiger partial charge in [0.25, 0.3) is 5.91 Å². The molecule has 0 unspecified atom stereocenters. The molecule has 100 valence electrons. The predicted molar refractivity (Wildman–Crippen MR) is 75.9 cm³/mol. The standard InChI is InChI=1S/C13H15BrN4O/c1-10-3-4-11(14)9-12(10)13(19)15-5-2-7-18-8-6-16-17-18/h3-4,6,8-9H,2,5,7H2,1H3,(H,15,19). The van der Waals surface area contributed by atoms with E-state index in [9.17, 15) is 4.79 Å². The molecule has 0 atom stereocenters. The van der Waals surface area contributed by atoms with Crippen LogP contribution in [0.5, 0.6) is 0 Å². The second-order valence-corrected chi connectivity index (χ2v) is 5.15. The molecule has 2 rings (SSSR count). The maximum Gasteiger partial charge on any atom is 0.251 e. The first-order chi connectivity index (χ1) is 9.16. The van der Waals surface area contributed by atoms with Crippen LogP contribution in [0.15, 0.2) is 35.1 Å². The number of carbonyl (C=O) groups is 1. The summed E-state index contributed by atoms with van der Waals surface area (Å²) in [6, 6.07) is 5.69. The lowest BCUT2D eigenvalue weighted by atomic mass is 10.1. The Kier molecular flexibility index (Phi) is 4.68. The summed E-state index contributed by atoms with van der Waals surface area (Å²) >= 11 is 3.37. The summed E-state index contributed by atoms with van der Waals surface area (Å²) in [6.45, 7) is 3.29. The van der Waals surface area contributed by atoms with Crippen LogP contribution >= 0.6 is 15.9 Å². The number of aryl methyl sites for hydroxylation is 2. The van der Waals surface area contributed by atoms with Gasteiger partial charge in [-0.1, -0.05) is 27.2 Å². The lowest BCUT2D eigenvalue weighted by Gasteiger charge is -2.08. The zero-order valence-electron chi connectivity index (χ0n) is 10.6. The van der Waals surface area contributed by atoms with Crippen molar-refractivity contribution in [3.05, 3.63) is 46.2 Å². The summed E-state index contributed by atoms with van der Waals surface area (Å²) in [6.07, 6.45) is 4.27. The van der Waals surface area contributed by atoms with E-state index in [-0.39, 0.29) is 5.91 Å². The minimum absolute atomic E-state index is 0.0441. The third kappa shape index (κ3) is 3.89. The van der Waals surface area contributed by atoms with Crippen molar-refractivity contribution in [1.29, 1.82) is 0 Å². The SMILES string of the molecule is Cc1ccc(Br)cc1C(=O)NCCCn1ccnn1. The summed E-state index contributed by atoms with van der Waals surface area (Å²) in [5.41, 5.74) is 1.67. The molecule has 0 aliphatic carbocycles. The van der Waals surface area contributed by atoms with Crippen LogP contribution in [0.1, 0.15) is 22.3 Å². The Balaban J connectivity index is 1.82. The van der Waals surface area contributed by atoms with Crippen LogP contribution in [-0.4, -0.2) is 27.4 Å². The van der Waals surface area contributed by atoms with Crippen LogP contribution in [0.25, 0.3) is 0 Å². The Morgan fingerprint density at radius 1 is 1.47 bits per heavy atom. The number of hydrogen-bond acceptors (Lipinski definition) is 3. The summed E-state index contributed by atoms with van der Waals surface area (Å²) < 4.78 is 2.65. The molecule has 1 amide bonds. The van der Waals surface area contributed by atoms with E-state index in [4.69, 9.17) is 0 Å². The first-order valence-corrected chi connectivity index (χ1v) is 6.84. The number of aromatic nitrogens is 3. The summed E-state index contributed by atoms with van der Waals surface area (Å²) in [7, 11) is 0. The van der Waals surface area contributed by atoms with Crippen molar-refractivity contribution in [2.24, 2.45) is 0 Å². The fourth-order valence-corrected chi connectivity index (χ4v) is 2.09. The monoisotopic (exact) mass is 322 g/mol. The second-order valence-electron chi connectivity index (χ2n) is 4.23. The van der Waals surface area contributed by atoms with Gasteiger partial charge in [0.1, 0.15) is 0 Å². The molecular weight excluding hydrogens is 308 g/mol. The van der Waals surface area contributed by atoms with Crippen LogP contribution in [0.4, 0.5) is 0 Å². The number of nitrogens with zero attached hydrogens (tertiary/aromatic N) is 3. The van der Waals surface area contributed by atoms with Crippen LogP contribution in [0.3, 0.4) is 0 Å². The van der Waals surface area contributed by atoms with Crippen molar-refractivity contribution in [3.63, 3.8) is 0 Å². The first-order valence-electron chi connectivity index (χ1n) is 6.05. The molecule has 6 heteroatoms. The van der Waals surface area contributed by atoms with E-state index >= 15 is 0 Å². The van der Waals surface area contributed by atoms with Crippen molar-refractivity contribution < 1.29 is 4.79 Å². The average Bonchev–Trinajstić information content (AvgIpc) is 2.90. The number of nitrogens with one attached hydrogen (secondary N) is 1. The van der Waals surface area contributed by atoms with Gasteiger partial charge in [0, 0.05) is 29.3 Å². The largest absolute Gasteiger partial charge is 0.352 e. The van der Waals surface area contributed by atoms with Crippen LogP contribution in [0.2, 0.25) is 0 Å². The number of benzene rings is 1. The Morgan fingerprint density at radius 3 is 3.05 bits per heavy atom. The Labute approximate surface area is 120 Å². The molecule has 1 N–H and O–H groups in total. The predicted octanol–water partition coefficient (Wildman–Crippen LogP) is 2.17. The molecule has 1 aromatic carbocycles. The highest BCUT2D eigenvalue weighted by Gasteiger charge is 2.08. The molecule has 0 bridgehead atoms. The molecule has 0 aliphatic heterocycles. The highest BCUT2D eigenvalue weighted by molar-refractivity contribution is 9.10. The molecule has 2 aromatic rings. The molecule has 0 radical (unpaired) electrons. The van der Waals surface area contributed by atoms with E-state index in [1.807, 2.05) is 25.1 Å². The quantitative estimate of drug-likeness (QED) is 0.858. The molecule has 0 saturated carbocycles. The molecule has 0 saturated heterocycles. The van der Waals surface area contributed by atoms with Gasteiger partial charge in [-0.15, -0.1) is 5.10 Å². The summed E-state index contributed by atoms with van der Waals surface area (Å²) in [5, 5.41) is 10.5. The molecular formula is C13H15BrN4O. The molecule has 19 heavy (non-hydrogen) atoms. The Bertz CT molecular complexity index is 554. The minimum Gasteiger partial charge on any atom is -0.352 e. The summed E-state index contributed by atoms with van der Waals surface area (Å²) in [4.78, 5) is 12.0. The molecule has 0 aliphatic rings. The first kappa shape index (κ1) is 13.7. The van der Waals surface area contributed by atoms with Gasteiger partial charge in [0.2, 0.25) is 0 Å². The third-order valence-electron chi connectivity index (χ3n) is 2.77. The molecule has 5 nitrogen and oxygen atoms in total. The average molecular weight is 323 g/mol. The van der Waals surface area contributed by atoms with Gasteiger partial charge >= 0.3 is 0 Å². The van der Waals surface area contributed by atoms with Crippen molar-refractivity contribution in [3.8, 4) is 0 Å². The number of carbonyl (C=O) groups excluding carboxylic acids is 1. The van der Waals surface area contributed by atoms with E-state index < -0.39 is 0 Å². The molecule has 0 spiro atoms. The minimum atomic E-state index is -0.0441. The van der Waals surface area contributed by atoms with Gasteiger partial charge in [-0.25, -0.2) is 0 Å². The molecule has 0 fully saturated rings. The maximum absolute atomic E-state index is 12.0. The lowest BCUT2D eigenvalue weighted by molar-refractivity contribution is 0.0952. The summed E-state index contributed by atoms with van der Waals surface area (Å²) in [5.74, 6) is -0.0441. The molecule has 1 heterocycles. The topological polar surface area (TPSA) is 59.8 Å². The maximum atomic E-state index is 12.0. The van der Waals surface area contributed by atoms with Gasteiger partial charge in [-0.2, -0.15) is 0 Å². The van der Waals surface area contributed by atoms with Crippen molar-refractivity contribution >= 4 is 21.8 Å². The fourth-order valence-electron chi connectivity index (χ4n) is 1.73. The highest BCUT2D eigenvalue weighted by Crippen LogP contribution is 2.15. The van der Waals surface area contributed by atoms with Crippen LogP contribution in [0, 0.1) is 6.92 Å². The van der Waals surface area contributed by atoms with E-state index in [0.717, 1.165) is 23.0 Å². The molecule has 1 aromatic heterocycles. The van der Waals surface area contributed by atoms with Gasteiger partial charge in [0.15, 0.2) is 0 Å². The smallest absolute Gasteiger partial charge is 0.251 e. The van der Waals surface area contributed by atoms with Gasteiger partial charge in [0.05, 0.1) is 6.20 Å². The van der Waals surface area contributed by atoms with E-state index in [1.54, 1.807) is 17.1 Å². The van der Waals surface area contributed by atoms with Crippen molar-refractivity contribution in [2.75, 3.05) is 6.54 Å². The van der Waals surface area contributed by atoms with E-state index in [0.29, 0.717) is 12.1 Å². The van der Waals surface area contributed by atoms with Crippen molar-refractivity contribution in [2.45, 2.75) is 19.9 Å². The second kappa shape index (κ2) is 6.47. The third-order valence-corrected chi connectivity index (χ3v) is 3.26. The van der Waals surface area contributed by atoms with Crippen molar-refractivity contribution in [1.82, 2.24) is 20.3 Å². The van der Waals surface area contributed by atoms with E-state index in [2.05, 4.69) is 31.6 Å². The van der Waals surface area contributed by atoms with Gasteiger partial charge in [-0.3, -0.25) is 9.48 Å².